The first-order chi connectivity index (χ1) is 11.4. The van der Waals surface area contributed by atoms with Crippen LogP contribution in [0.25, 0.3) is 0 Å². The summed E-state index contributed by atoms with van der Waals surface area (Å²) in [7, 11) is 0. The third kappa shape index (κ3) is 4.82. The molecule has 3 nitrogen and oxygen atoms in total. The van der Waals surface area contributed by atoms with Gasteiger partial charge in [0.15, 0.2) is 6.61 Å². The fourth-order valence-electron chi connectivity index (χ4n) is 2.50. The summed E-state index contributed by atoms with van der Waals surface area (Å²) >= 11 is 0. The Kier molecular flexibility index (Phi) is 5.96. The molecule has 1 amide bonds. The fourth-order valence-corrected chi connectivity index (χ4v) is 2.50. The molecular formula is C20H24FNO2. The van der Waals surface area contributed by atoms with Gasteiger partial charge in [0.05, 0.1) is 6.04 Å². The zero-order valence-electron chi connectivity index (χ0n) is 14.6. The minimum atomic E-state index is -0.290. The van der Waals surface area contributed by atoms with Crippen molar-refractivity contribution in [1.29, 1.82) is 0 Å². The predicted octanol–water partition coefficient (Wildman–Crippen LogP) is 4.51. The Balaban J connectivity index is 1.96. The van der Waals surface area contributed by atoms with E-state index >= 15 is 0 Å². The molecule has 0 bridgehead atoms. The Hall–Kier alpha value is -2.36. The normalized spacial score (nSPS) is 12.1. The maximum atomic E-state index is 12.9. The highest BCUT2D eigenvalue weighted by atomic mass is 19.1. The highest BCUT2D eigenvalue weighted by Crippen LogP contribution is 2.27. The molecule has 0 aliphatic carbocycles. The standard InChI is InChI=1S/C20H24FNO2/c1-13(2)18-10-5-14(3)11-19(18)24-12-20(23)22-15(4)16-6-8-17(21)9-7-16/h5-11,13,15H,12H2,1-4H3,(H,22,23)/t15-/m1/s1. The monoisotopic (exact) mass is 329 g/mol. The zero-order chi connectivity index (χ0) is 17.7. The summed E-state index contributed by atoms with van der Waals surface area (Å²) in [6.45, 7) is 7.99. The van der Waals surface area contributed by atoms with Crippen molar-refractivity contribution >= 4 is 5.91 Å². The van der Waals surface area contributed by atoms with Crippen LogP contribution in [0.3, 0.4) is 0 Å². The van der Waals surface area contributed by atoms with Crippen LogP contribution in [-0.2, 0) is 4.79 Å². The second-order valence-electron chi connectivity index (χ2n) is 6.33. The molecule has 0 heterocycles. The number of carbonyl (C=O) groups excluding carboxylic acids is 1. The summed E-state index contributed by atoms with van der Waals surface area (Å²) < 4.78 is 18.7. The summed E-state index contributed by atoms with van der Waals surface area (Å²) in [5.74, 6) is 0.570. The Morgan fingerprint density at radius 1 is 1.12 bits per heavy atom. The van der Waals surface area contributed by atoms with E-state index in [-0.39, 0.29) is 24.4 Å². The first-order valence-electron chi connectivity index (χ1n) is 8.15. The number of benzene rings is 2. The quantitative estimate of drug-likeness (QED) is 0.846. The Labute approximate surface area is 142 Å². The molecule has 128 valence electrons. The van der Waals surface area contributed by atoms with E-state index in [4.69, 9.17) is 4.74 Å². The van der Waals surface area contributed by atoms with Crippen LogP contribution in [0.5, 0.6) is 5.75 Å². The molecule has 24 heavy (non-hydrogen) atoms. The molecule has 0 radical (unpaired) electrons. The van der Waals surface area contributed by atoms with E-state index < -0.39 is 0 Å². The number of amides is 1. The van der Waals surface area contributed by atoms with E-state index in [0.717, 1.165) is 22.4 Å². The van der Waals surface area contributed by atoms with E-state index in [1.165, 1.54) is 12.1 Å². The van der Waals surface area contributed by atoms with E-state index in [2.05, 4.69) is 19.2 Å². The molecule has 1 N–H and O–H groups in total. The van der Waals surface area contributed by atoms with E-state index in [0.29, 0.717) is 5.92 Å². The fraction of sp³-hybridized carbons (Fsp3) is 0.350. The van der Waals surface area contributed by atoms with Gasteiger partial charge in [0.25, 0.3) is 5.91 Å². The highest BCUT2D eigenvalue weighted by Gasteiger charge is 2.13. The molecule has 1 atom stereocenters. The van der Waals surface area contributed by atoms with Crippen LogP contribution < -0.4 is 10.1 Å². The number of rotatable bonds is 6. The second kappa shape index (κ2) is 7.95. The van der Waals surface area contributed by atoms with Crippen molar-refractivity contribution in [3.63, 3.8) is 0 Å². The summed E-state index contributed by atoms with van der Waals surface area (Å²) in [4.78, 5) is 12.1. The molecule has 0 saturated carbocycles. The lowest BCUT2D eigenvalue weighted by molar-refractivity contribution is -0.123. The Bertz CT molecular complexity index is 695. The lowest BCUT2D eigenvalue weighted by Gasteiger charge is -2.17. The SMILES string of the molecule is Cc1ccc(C(C)C)c(OCC(=O)N[C@H](C)c2ccc(F)cc2)c1. The maximum Gasteiger partial charge on any atom is 0.258 e. The first-order valence-corrected chi connectivity index (χ1v) is 8.15. The second-order valence-corrected chi connectivity index (χ2v) is 6.33. The third-order valence-corrected chi connectivity index (χ3v) is 3.90. The van der Waals surface area contributed by atoms with Crippen molar-refractivity contribution in [1.82, 2.24) is 5.32 Å². The topological polar surface area (TPSA) is 38.3 Å². The minimum absolute atomic E-state index is 0.0469. The van der Waals surface area contributed by atoms with Gasteiger partial charge in [-0.15, -0.1) is 0 Å². The predicted molar refractivity (Wildman–Crippen MR) is 93.7 cm³/mol. The molecule has 4 heteroatoms. The number of ether oxygens (including phenoxy) is 1. The maximum absolute atomic E-state index is 12.9. The molecule has 0 aromatic heterocycles. The van der Waals surface area contributed by atoms with E-state index in [1.807, 2.05) is 32.0 Å². The highest BCUT2D eigenvalue weighted by molar-refractivity contribution is 5.78. The molecule has 2 rings (SSSR count). The van der Waals surface area contributed by atoms with Gasteiger partial charge in [-0.2, -0.15) is 0 Å². The number of aryl methyl sites for hydroxylation is 1. The van der Waals surface area contributed by atoms with Crippen molar-refractivity contribution < 1.29 is 13.9 Å². The van der Waals surface area contributed by atoms with Gasteiger partial charge in [-0.05, 0) is 54.7 Å². The van der Waals surface area contributed by atoms with E-state index in [1.54, 1.807) is 12.1 Å². The largest absolute Gasteiger partial charge is 0.483 e. The number of nitrogens with one attached hydrogen (secondary N) is 1. The van der Waals surface area contributed by atoms with Gasteiger partial charge in [-0.1, -0.05) is 38.1 Å². The van der Waals surface area contributed by atoms with Gasteiger partial charge in [0.2, 0.25) is 0 Å². The number of hydrogen-bond donors (Lipinski definition) is 1. The van der Waals surface area contributed by atoms with Crippen molar-refractivity contribution in [3.05, 3.63) is 65.0 Å². The molecule has 0 saturated heterocycles. The molecule has 2 aromatic carbocycles. The van der Waals surface area contributed by atoms with Crippen LogP contribution in [0.4, 0.5) is 4.39 Å². The number of halogens is 1. The molecule has 0 unspecified atom stereocenters. The molecule has 0 spiro atoms. The van der Waals surface area contributed by atoms with Gasteiger partial charge >= 0.3 is 0 Å². The Morgan fingerprint density at radius 3 is 2.42 bits per heavy atom. The van der Waals surface area contributed by atoms with Gasteiger partial charge in [0, 0.05) is 0 Å². The average molecular weight is 329 g/mol. The summed E-state index contributed by atoms with van der Waals surface area (Å²) in [5.41, 5.74) is 3.03. The lowest BCUT2D eigenvalue weighted by atomic mass is 10.0. The van der Waals surface area contributed by atoms with Crippen LogP contribution in [-0.4, -0.2) is 12.5 Å². The molecular weight excluding hydrogens is 305 g/mol. The van der Waals surface area contributed by atoms with Crippen LogP contribution >= 0.6 is 0 Å². The van der Waals surface area contributed by atoms with Crippen LogP contribution in [0.2, 0.25) is 0 Å². The average Bonchev–Trinajstić information content (AvgIpc) is 2.53. The molecule has 0 aliphatic rings. The molecule has 0 aliphatic heterocycles. The van der Waals surface area contributed by atoms with Crippen molar-refractivity contribution in [2.75, 3.05) is 6.61 Å². The minimum Gasteiger partial charge on any atom is -0.483 e. The van der Waals surface area contributed by atoms with Gasteiger partial charge in [-0.25, -0.2) is 4.39 Å². The summed E-state index contributed by atoms with van der Waals surface area (Å²) in [6, 6.07) is 11.9. The van der Waals surface area contributed by atoms with Crippen molar-refractivity contribution in [2.24, 2.45) is 0 Å². The Morgan fingerprint density at radius 2 is 1.79 bits per heavy atom. The van der Waals surface area contributed by atoms with Gasteiger partial charge in [0.1, 0.15) is 11.6 Å². The van der Waals surface area contributed by atoms with E-state index in [9.17, 15) is 9.18 Å². The van der Waals surface area contributed by atoms with Gasteiger partial charge in [-0.3, -0.25) is 4.79 Å². The zero-order valence-corrected chi connectivity index (χ0v) is 14.6. The van der Waals surface area contributed by atoms with Crippen LogP contribution in [0.1, 0.15) is 49.4 Å². The number of hydrogen-bond acceptors (Lipinski definition) is 2. The van der Waals surface area contributed by atoms with Crippen LogP contribution in [0, 0.1) is 12.7 Å². The first kappa shape index (κ1) is 18.0. The lowest BCUT2D eigenvalue weighted by Crippen LogP contribution is -2.31. The smallest absolute Gasteiger partial charge is 0.258 e. The summed E-state index contributed by atoms with van der Waals surface area (Å²) in [5, 5.41) is 2.86. The third-order valence-electron chi connectivity index (χ3n) is 3.90. The molecule has 0 fully saturated rings. The van der Waals surface area contributed by atoms with Crippen molar-refractivity contribution in [2.45, 2.75) is 39.7 Å². The number of carbonyl (C=O) groups is 1. The van der Waals surface area contributed by atoms with Gasteiger partial charge < -0.3 is 10.1 Å². The summed E-state index contributed by atoms with van der Waals surface area (Å²) in [6.07, 6.45) is 0. The van der Waals surface area contributed by atoms with Crippen molar-refractivity contribution in [3.8, 4) is 5.75 Å². The molecule has 2 aromatic rings. The van der Waals surface area contributed by atoms with Crippen LogP contribution in [0.15, 0.2) is 42.5 Å².